The lowest BCUT2D eigenvalue weighted by atomic mass is 10.0. The molecular formula is C24H25BrF2N2O2. The minimum Gasteiger partial charge on any atom is -0.348 e. The molecule has 4 nitrogen and oxygen atoms in total. The normalized spacial score (nSPS) is 12.3. The Bertz CT molecular complexity index is 1140. The van der Waals surface area contributed by atoms with Crippen LogP contribution in [-0.4, -0.2) is 10.5 Å². The number of carbonyl (C=O) groups excluding carboxylic acids is 1. The zero-order valence-corrected chi connectivity index (χ0v) is 19.0. The maximum Gasteiger partial charge on any atom is 0.261 e. The first-order valence-corrected chi connectivity index (χ1v) is 11.5. The van der Waals surface area contributed by atoms with Crippen LogP contribution in [0.5, 0.6) is 0 Å². The van der Waals surface area contributed by atoms with Gasteiger partial charge < -0.3 is 9.88 Å². The van der Waals surface area contributed by atoms with Crippen LogP contribution in [0.2, 0.25) is 0 Å². The number of alkyl halides is 1. The molecule has 4 rings (SSSR count). The lowest BCUT2D eigenvalue weighted by Crippen LogP contribution is -2.31. The molecule has 0 saturated heterocycles. The van der Waals surface area contributed by atoms with Gasteiger partial charge in [0.05, 0.1) is 10.9 Å². The van der Waals surface area contributed by atoms with E-state index in [4.69, 9.17) is 0 Å². The molecule has 1 fully saturated rings. The number of nitrogens with zero attached hydrogens (tertiary/aromatic N) is 1. The minimum atomic E-state index is -0.660. The van der Waals surface area contributed by atoms with Crippen molar-refractivity contribution < 1.29 is 13.6 Å². The van der Waals surface area contributed by atoms with E-state index in [1.165, 1.54) is 48.1 Å². The Morgan fingerprint density at radius 1 is 1.13 bits per heavy atom. The van der Waals surface area contributed by atoms with Gasteiger partial charge in [-0.15, -0.1) is 0 Å². The lowest BCUT2D eigenvalue weighted by Gasteiger charge is -2.18. The number of hydrogen-bond donors (Lipinski definition) is 1. The second-order valence-electron chi connectivity index (χ2n) is 7.45. The Balaban J connectivity index is 0.000000834. The molecule has 164 valence electrons. The van der Waals surface area contributed by atoms with Gasteiger partial charge in [0.1, 0.15) is 11.6 Å². The molecule has 2 aromatic carbocycles. The zero-order valence-electron chi connectivity index (χ0n) is 17.4. The monoisotopic (exact) mass is 490 g/mol. The smallest absolute Gasteiger partial charge is 0.261 e. The first-order valence-electron chi connectivity index (χ1n) is 10.4. The van der Waals surface area contributed by atoms with Crippen molar-refractivity contribution >= 4 is 32.6 Å². The highest BCUT2D eigenvalue weighted by atomic mass is 79.9. The SMILES string of the molecule is C1CC1.CCCn1c(CBr)c(C(=O)NCc2cccc(F)c2)c2cccc(F)c2c1=O. The maximum absolute atomic E-state index is 14.4. The third-order valence-electron chi connectivity index (χ3n) is 4.85. The van der Waals surface area contributed by atoms with Crippen molar-refractivity contribution in [3.05, 3.63) is 81.3 Å². The van der Waals surface area contributed by atoms with E-state index in [0.717, 1.165) is 0 Å². The van der Waals surface area contributed by atoms with Crippen molar-refractivity contribution in [2.24, 2.45) is 0 Å². The quantitative estimate of drug-likeness (QED) is 0.451. The number of nitrogens with one attached hydrogen (secondary N) is 1. The summed E-state index contributed by atoms with van der Waals surface area (Å²) in [5.41, 5.74) is 0.884. The van der Waals surface area contributed by atoms with Gasteiger partial charge >= 0.3 is 0 Å². The average Bonchev–Trinajstić information content (AvgIpc) is 3.63. The molecule has 1 amide bonds. The van der Waals surface area contributed by atoms with E-state index in [1.807, 2.05) is 6.92 Å². The number of halogens is 3. The molecule has 0 spiro atoms. The summed E-state index contributed by atoms with van der Waals surface area (Å²) >= 11 is 3.36. The maximum atomic E-state index is 14.4. The highest BCUT2D eigenvalue weighted by Gasteiger charge is 2.22. The fourth-order valence-electron chi connectivity index (χ4n) is 3.27. The number of aromatic nitrogens is 1. The van der Waals surface area contributed by atoms with Crippen LogP contribution in [0.4, 0.5) is 8.78 Å². The Kier molecular flexibility index (Phi) is 7.96. The van der Waals surface area contributed by atoms with E-state index in [9.17, 15) is 18.4 Å². The van der Waals surface area contributed by atoms with Crippen LogP contribution in [0.25, 0.3) is 10.8 Å². The molecule has 1 aliphatic rings. The number of rotatable bonds is 6. The van der Waals surface area contributed by atoms with Crippen molar-refractivity contribution in [3.63, 3.8) is 0 Å². The molecule has 1 aromatic heterocycles. The molecular weight excluding hydrogens is 466 g/mol. The predicted octanol–water partition coefficient (Wildman–Crippen LogP) is 5.68. The zero-order chi connectivity index (χ0) is 22.4. The molecule has 1 heterocycles. The molecule has 0 radical (unpaired) electrons. The number of pyridine rings is 1. The summed E-state index contributed by atoms with van der Waals surface area (Å²) in [5, 5.41) is 3.18. The van der Waals surface area contributed by atoms with Crippen molar-refractivity contribution in [2.75, 3.05) is 0 Å². The highest BCUT2D eigenvalue weighted by molar-refractivity contribution is 9.08. The van der Waals surface area contributed by atoms with Crippen molar-refractivity contribution in [2.45, 2.75) is 51.0 Å². The van der Waals surface area contributed by atoms with Crippen LogP contribution >= 0.6 is 15.9 Å². The number of carbonyl (C=O) groups is 1. The highest BCUT2D eigenvalue weighted by Crippen LogP contribution is 2.24. The van der Waals surface area contributed by atoms with Crippen molar-refractivity contribution in [1.82, 2.24) is 9.88 Å². The number of hydrogen-bond acceptors (Lipinski definition) is 2. The van der Waals surface area contributed by atoms with Gasteiger partial charge in [0.15, 0.2) is 0 Å². The van der Waals surface area contributed by atoms with Crippen molar-refractivity contribution in [1.29, 1.82) is 0 Å². The van der Waals surface area contributed by atoms with Gasteiger partial charge in [0, 0.05) is 29.5 Å². The Hall–Kier alpha value is -2.54. The summed E-state index contributed by atoms with van der Waals surface area (Å²) in [5.74, 6) is -1.50. The first kappa shape index (κ1) is 23.1. The lowest BCUT2D eigenvalue weighted by molar-refractivity contribution is 0.0951. The largest absolute Gasteiger partial charge is 0.348 e. The molecule has 1 saturated carbocycles. The second kappa shape index (κ2) is 10.7. The summed E-state index contributed by atoms with van der Waals surface area (Å²) in [6.45, 7) is 2.38. The third kappa shape index (κ3) is 5.58. The summed E-state index contributed by atoms with van der Waals surface area (Å²) in [6.07, 6.45) is 5.16. The van der Waals surface area contributed by atoms with E-state index in [1.54, 1.807) is 18.2 Å². The number of fused-ring (bicyclic) bond motifs is 1. The summed E-state index contributed by atoms with van der Waals surface area (Å²) in [7, 11) is 0. The molecule has 0 unspecified atom stereocenters. The van der Waals surface area contributed by atoms with Gasteiger partial charge in [-0.2, -0.15) is 0 Å². The van der Waals surface area contributed by atoms with Crippen molar-refractivity contribution in [3.8, 4) is 0 Å². The summed E-state index contributed by atoms with van der Waals surface area (Å²) in [4.78, 5) is 25.9. The summed E-state index contributed by atoms with van der Waals surface area (Å²) < 4.78 is 29.3. The van der Waals surface area contributed by atoms with Crippen LogP contribution in [0.3, 0.4) is 0 Å². The standard InChI is InChI=1S/C21H19BrF2N2O2.C3H6/c1-2-9-26-17(11-22)19(15-7-4-8-16(24)18(15)21(26)28)20(27)25-12-13-5-3-6-14(23)10-13;1-2-3-1/h3-8,10H,2,9,11-12H2,1H3,(H,25,27);1-3H2. The van der Waals surface area contributed by atoms with E-state index in [0.29, 0.717) is 24.2 Å². The third-order valence-corrected chi connectivity index (χ3v) is 5.38. The minimum absolute atomic E-state index is 0.100. The Morgan fingerprint density at radius 3 is 2.45 bits per heavy atom. The van der Waals surface area contributed by atoms with Gasteiger partial charge in [-0.3, -0.25) is 9.59 Å². The van der Waals surface area contributed by atoms with E-state index < -0.39 is 23.1 Å². The molecule has 3 aromatic rings. The number of benzene rings is 2. The van der Waals surface area contributed by atoms with Gasteiger partial charge in [-0.25, -0.2) is 8.78 Å². The average molecular weight is 491 g/mol. The van der Waals surface area contributed by atoms with Crippen LogP contribution in [0, 0.1) is 11.6 Å². The van der Waals surface area contributed by atoms with Crippen LogP contribution in [0.15, 0.2) is 47.3 Å². The molecule has 31 heavy (non-hydrogen) atoms. The van der Waals surface area contributed by atoms with E-state index >= 15 is 0 Å². The fraction of sp³-hybridized carbons (Fsp3) is 0.333. The van der Waals surface area contributed by atoms with Gasteiger partial charge in [0.25, 0.3) is 11.5 Å². The predicted molar refractivity (Wildman–Crippen MR) is 123 cm³/mol. The topological polar surface area (TPSA) is 51.1 Å². The summed E-state index contributed by atoms with van der Waals surface area (Å²) in [6, 6.07) is 10.2. The van der Waals surface area contributed by atoms with Crippen LogP contribution in [0.1, 0.15) is 54.2 Å². The van der Waals surface area contributed by atoms with E-state index in [2.05, 4.69) is 21.2 Å². The van der Waals surface area contributed by atoms with E-state index in [-0.39, 0.29) is 28.2 Å². The van der Waals surface area contributed by atoms with Gasteiger partial charge in [0.2, 0.25) is 0 Å². The first-order chi connectivity index (χ1) is 15.0. The van der Waals surface area contributed by atoms with Gasteiger partial charge in [-0.1, -0.05) is 66.4 Å². The van der Waals surface area contributed by atoms with Gasteiger partial charge in [-0.05, 0) is 30.2 Å². The molecule has 1 N–H and O–H groups in total. The van der Waals surface area contributed by atoms with Crippen LogP contribution < -0.4 is 10.9 Å². The molecule has 7 heteroatoms. The fourth-order valence-corrected chi connectivity index (χ4v) is 3.85. The number of amides is 1. The second-order valence-corrected chi connectivity index (χ2v) is 8.01. The molecule has 0 atom stereocenters. The molecule has 0 bridgehead atoms. The molecule has 1 aliphatic carbocycles. The molecule has 0 aliphatic heterocycles. The Labute approximate surface area is 188 Å². The Morgan fingerprint density at radius 2 is 1.84 bits per heavy atom. The van der Waals surface area contributed by atoms with Crippen LogP contribution in [-0.2, 0) is 18.4 Å².